The van der Waals surface area contributed by atoms with Crippen LogP contribution in [0.2, 0.25) is 0 Å². The van der Waals surface area contributed by atoms with Crippen LogP contribution in [0.15, 0.2) is 12.7 Å². The van der Waals surface area contributed by atoms with Gasteiger partial charge in [-0.25, -0.2) is 0 Å². The zero-order valence-electron chi connectivity index (χ0n) is 5.68. The number of primary amides is 1. The molecule has 1 atom stereocenters. The molecule has 1 unspecified atom stereocenters. The van der Waals surface area contributed by atoms with Gasteiger partial charge in [0.25, 0.3) is 0 Å². The molecule has 0 aromatic heterocycles. The second-order valence-corrected chi connectivity index (χ2v) is 2.42. The molecule has 9 heavy (non-hydrogen) atoms. The quantitative estimate of drug-likeness (QED) is 0.560. The van der Waals surface area contributed by atoms with E-state index in [2.05, 4.69) is 13.5 Å². The van der Waals surface area contributed by atoms with E-state index >= 15 is 0 Å². The van der Waals surface area contributed by atoms with Crippen LogP contribution in [0.5, 0.6) is 0 Å². The summed E-state index contributed by atoms with van der Waals surface area (Å²) in [5.41, 5.74) is 4.33. The smallest absolute Gasteiger partial charge is 0.223 e. The third-order valence-corrected chi connectivity index (χ3v) is 1.19. The van der Waals surface area contributed by atoms with Crippen molar-refractivity contribution in [2.24, 2.45) is 11.1 Å². The molecule has 0 aliphatic heterocycles. The minimum absolute atomic E-state index is 0.387. The molecule has 0 saturated carbocycles. The first-order chi connectivity index (χ1) is 4.00. The van der Waals surface area contributed by atoms with Gasteiger partial charge in [-0.1, -0.05) is 13.0 Å². The second kappa shape index (κ2) is 2.67. The normalized spacial score (nSPS) is 10.9. The van der Waals surface area contributed by atoms with Crippen LogP contribution in [0, 0.1) is 12.3 Å². The lowest BCUT2D eigenvalue weighted by atomic mass is 9.89. The number of rotatable bonds is 3. The summed E-state index contributed by atoms with van der Waals surface area (Å²) in [4.78, 5) is 10.5. The van der Waals surface area contributed by atoms with Crippen molar-refractivity contribution in [3.63, 3.8) is 0 Å². The third kappa shape index (κ3) is 2.31. The van der Waals surface area contributed by atoms with Gasteiger partial charge >= 0.3 is 0 Å². The number of carbonyl (C=O) groups is 1. The Morgan fingerprint density at radius 1 is 1.89 bits per heavy atom. The molecule has 0 heterocycles. The fraction of sp³-hybridized carbons (Fsp3) is 0.429. The SMILES string of the molecule is [CH2]C(C)(CC=C)C(N)=O. The topological polar surface area (TPSA) is 43.1 Å². The van der Waals surface area contributed by atoms with Gasteiger partial charge in [0.15, 0.2) is 0 Å². The van der Waals surface area contributed by atoms with Gasteiger partial charge < -0.3 is 5.73 Å². The van der Waals surface area contributed by atoms with Crippen molar-refractivity contribution < 1.29 is 4.79 Å². The number of hydrogen-bond donors (Lipinski definition) is 1. The van der Waals surface area contributed by atoms with Crippen molar-refractivity contribution in [3.05, 3.63) is 19.6 Å². The molecule has 0 bridgehead atoms. The molecule has 2 N–H and O–H groups in total. The molecule has 0 aliphatic carbocycles. The lowest BCUT2D eigenvalue weighted by Crippen LogP contribution is -2.31. The molecule has 1 amide bonds. The monoisotopic (exact) mass is 126 g/mol. The zero-order chi connectivity index (χ0) is 7.49. The zero-order valence-corrected chi connectivity index (χ0v) is 5.68. The first-order valence-electron chi connectivity index (χ1n) is 2.77. The fourth-order valence-corrected chi connectivity index (χ4v) is 0.419. The van der Waals surface area contributed by atoms with Crippen LogP contribution in [0.25, 0.3) is 0 Å². The fourth-order valence-electron chi connectivity index (χ4n) is 0.419. The first-order valence-corrected chi connectivity index (χ1v) is 2.77. The van der Waals surface area contributed by atoms with Gasteiger partial charge in [-0.2, -0.15) is 0 Å². The van der Waals surface area contributed by atoms with Crippen molar-refractivity contribution in [1.29, 1.82) is 0 Å². The summed E-state index contributed by atoms with van der Waals surface area (Å²) < 4.78 is 0. The lowest BCUT2D eigenvalue weighted by Gasteiger charge is -2.16. The Kier molecular flexibility index (Phi) is 2.43. The molecular formula is C7H12NO. The van der Waals surface area contributed by atoms with Crippen molar-refractivity contribution in [1.82, 2.24) is 0 Å². The van der Waals surface area contributed by atoms with E-state index in [1.54, 1.807) is 13.0 Å². The van der Waals surface area contributed by atoms with E-state index in [-0.39, 0.29) is 5.91 Å². The molecule has 2 heteroatoms. The van der Waals surface area contributed by atoms with Gasteiger partial charge in [-0.3, -0.25) is 4.79 Å². The summed E-state index contributed by atoms with van der Waals surface area (Å²) in [6.45, 7) is 8.79. The van der Waals surface area contributed by atoms with E-state index in [9.17, 15) is 4.79 Å². The molecule has 51 valence electrons. The Morgan fingerprint density at radius 3 is 2.44 bits per heavy atom. The number of allylic oxidation sites excluding steroid dienone is 1. The molecule has 2 nitrogen and oxygen atoms in total. The number of nitrogens with two attached hydrogens (primary N) is 1. The number of carbonyl (C=O) groups excluding carboxylic acids is 1. The van der Waals surface area contributed by atoms with Gasteiger partial charge in [0.1, 0.15) is 0 Å². The summed E-state index contributed by atoms with van der Waals surface area (Å²) in [5, 5.41) is 0. The Labute approximate surface area is 55.7 Å². The largest absolute Gasteiger partial charge is 0.369 e. The Bertz CT molecular complexity index is 127. The van der Waals surface area contributed by atoms with Crippen molar-refractivity contribution in [2.75, 3.05) is 0 Å². The first kappa shape index (κ1) is 8.21. The Hall–Kier alpha value is -0.790. The molecule has 0 fully saturated rings. The van der Waals surface area contributed by atoms with Crippen LogP contribution in [0.1, 0.15) is 13.3 Å². The molecule has 0 aromatic carbocycles. The highest BCUT2D eigenvalue weighted by Crippen LogP contribution is 2.18. The minimum Gasteiger partial charge on any atom is -0.369 e. The second-order valence-electron chi connectivity index (χ2n) is 2.42. The molecular weight excluding hydrogens is 114 g/mol. The van der Waals surface area contributed by atoms with Crippen LogP contribution in [0.3, 0.4) is 0 Å². The molecule has 0 rings (SSSR count). The van der Waals surface area contributed by atoms with Crippen molar-refractivity contribution in [2.45, 2.75) is 13.3 Å². The summed E-state index contributed by atoms with van der Waals surface area (Å²) in [5.74, 6) is -0.387. The maximum absolute atomic E-state index is 10.5. The summed E-state index contributed by atoms with van der Waals surface area (Å²) in [6, 6.07) is 0. The average Bonchev–Trinajstić information content (AvgIpc) is 1.65. The third-order valence-electron chi connectivity index (χ3n) is 1.19. The minimum atomic E-state index is -0.679. The summed E-state index contributed by atoms with van der Waals surface area (Å²) in [6.07, 6.45) is 2.17. The van der Waals surface area contributed by atoms with Gasteiger partial charge in [0.2, 0.25) is 5.91 Å². The van der Waals surface area contributed by atoms with Crippen LogP contribution < -0.4 is 5.73 Å². The summed E-state index contributed by atoms with van der Waals surface area (Å²) >= 11 is 0. The lowest BCUT2D eigenvalue weighted by molar-refractivity contribution is -0.124. The molecule has 0 saturated heterocycles. The standard InChI is InChI=1S/C7H12NO/c1-4-5-7(2,3)6(8)9/h4H,1-2,5H2,3H3,(H2,8,9). The van der Waals surface area contributed by atoms with E-state index in [0.29, 0.717) is 6.42 Å². The molecule has 1 radical (unpaired) electrons. The highest BCUT2D eigenvalue weighted by molar-refractivity contribution is 5.81. The number of amides is 1. The Morgan fingerprint density at radius 2 is 2.33 bits per heavy atom. The van der Waals surface area contributed by atoms with Crippen molar-refractivity contribution in [3.8, 4) is 0 Å². The van der Waals surface area contributed by atoms with Gasteiger partial charge in [-0.15, -0.1) is 6.58 Å². The van der Waals surface area contributed by atoms with Gasteiger partial charge in [-0.05, 0) is 13.3 Å². The highest BCUT2D eigenvalue weighted by atomic mass is 16.1. The van der Waals surface area contributed by atoms with Crippen LogP contribution in [-0.4, -0.2) is 5.91 Å². The van der Waals surface area contributed by atoms with Crippen LogP contribution in [-0.2, 0) is 4.79 Å². The maximum atomic E-state index is 10.5. The van der Waals surface area contributed by atoms with Crippen molar-refractivity contribution >= 4 is 5.91 Å². The van der Waals surface area contributed by atoms with E-state index in [1.807, 2.05) is 0 Å². The predicted octanol–water partition coefficient (Wildman–Crippen LogP) is 0.888. The highest BCUT2D eigenvalue weighted by Gasteiger charge is 2.22. The molecule has 0 aliphatic rings. The van der Waals surface area contributed by atoms with Gasteiger partial charge in [0.05, 0.1) is 0 Å². The Balaban J connectivity index is 4.00. The van der Waals surface area contributed by atoms with Crippen LogP contribution >= 0.6 is 0 Å². The van der Waals surface area contributed by atoms with E-state index in [4.69, 9.17) is 5.73 Å². The number of hydrogen-bond acceptors (Lipinski definition) is 1. The summed E-state index contributed by atoms with van der Waals surface area (Å²) in [7, 11) is 0. The predicted molar refractivity (Wildman–Crippen MR) is 37.5 cm³/mol. The maximum Gasteiger partial charge on any atom is 0.223 e. The molecule has 0 spiro atoms. The van der Waals surface area contributed by atoms with Gasteiger partial charge in [0, 0.05) is 5.41 Å². The van der Waals surface area contributed by atoms with E-state index in [0.717, 1.165) is 0 Å². The molecule has 0 aromatic rings. The van der Waals surface area contributed by atoms with Crippen LogP contribution in [0.4, 0.5) is 0 Å². The van der Waals surface area contributed by atoms with E-state index < -0.39 is 5.41 Å². The van der Waals surface area contributed by atoms with E-state index in [1.165, 1.54) is 0 Å². The average molecular weight is 126 g/mol.